The van der Waals surface area contributed by atoms with Crippen LogP contribution in [0, 0.1) is 0 Å². The first-order valence-electron chi connectivity index (χ1n) is 6.92. The summed E-state index contributed by atoms with van der Waals surface area (Å²) in [5.41, 5.74) is 2.83. The van der Waals surface area contributed by atoms with Crippen LogP contribution in [-0.2, 0) is 6.54 Å². The topological polar surface area (TPSA) is 43.9 Å². The largest absolute Gasteiger partial charge is 0.441 e. The molecule has 0 N–H and O–H groups in total. The molecule has 0 spiro atoms. The van der Waals surface area contributed by atoms with Gasteiger partial charge in [0.15, 0.2) is 22.5 Å². The van der Waals surface area contributed by atoms with E-state index in [1.165, 1.54) is 5.56 Å². The molecule has 22 heavy (non-hydrogen) atoms. The van der Waals surface area contributed by atoms with Crippen molar-refractivity contribution in [1.29, 1.82) is 0 Å². The van der Waals surface area contributed by atoms with Crippen molar-refractivity contribution in [3.63, 3.8) is 0 Å². The van der Waals surface area contributed by atoms with E-state index >= 15 is 0 Å². The number of hydrogen-bond donors (Lipinski definition) is 0. The number of pyridine rings is 1. The van der Waals surface area contributed by atoms with Gasteiger partial charge in [0.2, 0.25) is 0 Å². The monoisotopic (exact) mass is 309 g/mol. The standard InChI is InChI=1S/C17H12ClN3O/c18-15-9-8-14(22-15)17-20-13-7-4-10-19-16(13)21(17)11-12-5-2-1-3-6-12/h1-10H,11H2. The number of benzene rings is 1. The SMILES string of the molecule is Clc1ccc(-c2nc3cccnc3n2Cc2ccccc2)o1. The fourth-order valence-corrected chi connectivity index (χ4v) is 2.64. The number of imidazole rings is 1. The Morgan fingerprint density at radius 1 is 1.00 bits per heavy atom. The Bertz CT molecular complexity index is 927. The van der Waals surface area contributed by atoms with Gasteiger partial charge in [0.1, 0.15) is 5.52 Å². The van der Waals surface area contributed by atoms with Crippen LogP contribution in [0.15, 0.2) is 65.2 Å². The van der Waals surface area contributed by atoms with Gasteiger partial charge >= 0.3 is 0 Å². The zero-order valence-corrected chi connectivity index (χ0v) is 12.4. The van der Waals surface area contributed by atoms with Crippen LogP contribution in [0.4, 0.5) is 0 Å². The molecule has 4 rings (SSSR count). The molecule has 0 aliphatic rings. The molecule has 0 aliphatic carbocycles. The lowest BCUT2D eigenvalue weighted by Gasteiger charge is -2.07. The van der Waals surface area contributed by atoms with Gasteiger partial charge in [-0.2, -0.15) is 0 Å². The first-order valence-corrected chi connectivity index (χ1v) is 7.30. The van der Waals surface area contributed by atoms with E-state index in [2.05, 4.69) is 22.1 Å². The van der Waals surface area contributed by atoms with Gasteiger partial charge in [-0.05, 0) is 41.4 Å². The van der Waals surface area contributed by atoms with Crippen LogP contribution < -0.4 is 0 Å². The maximum Gasteiger partial charge on any atom is 0.194 e. The van der Waals surface area contributed by atoms with E-state index in [1.54, 1.807) is 12.3 Å². The Balaban J connectivity index is 1.90. The quantitative estimate of drug-likeness (QED) is 0.563. The van der Waals surface area contributed by atoms with Gasteiger partial charge in [0, 0.05) is 6.20 Å². The summed E-state index contributed by atoms with van der Waals surface area (Å²) in [5, 5.41) is 0.348. The molecular weight excluding hydrogens is 298 g/mol. The van der Waals surface area contributed by atoms with Gasteiger partial charge in [-0.15, -0.1) is 0 Å². The minimum Gasteiger partial charge on any atom is -0.441 e. The Morgan fingerprint density at radius 3 is 2.64 bits per heavy atom. The van der Waals surface area contributed by atoms with Gasteiger partial charge in [0.25, 0.3) is 0 Å². The summed E-state index contributed by atoms with van der Waals surface area (Å²) < 4.78 is 7.57. The summed E-state index contributed by atoms with van der Waals surface area (Å²) in [7, 11) is 0. The van der Waals surface area contributed by atoms with Crippen LogP contribution in [0.25, 0.3) is 22.7 Å². The fourth-order valence-electron chi connectivity index (χ4n) is 2.50. The number of rotatable bonds is 3. The molecule has 4 nitrogen and oxygen atoms in total. The van der Waals surface area contributed by atoms with Crippen molar-refractivity contribution >= 4 is 22.8 Å². The predicted molar refractivity (Wildman–Crippen MR) is 85.8 cm³/mol. The number of furan rings is 1. The lowest BCUT2D eigenvalue weighted by atomic mass is 10.2. The Hall–Kier alpha value is -2.59. The molecule has 3 aromatic heterocycles. The molecule has 0 atom stereocenters. The minimum atomic E-state index is 0.348. The second-order valence-corrected chi connectivity index (χ2v) is 5.33. The van der Waals surface area contributed by atoms with Crippen molar-refractivity contribution in [1.82, 2.24) is 14.5 Å². The van der Waals surface area contributed by atoms with Crippen LogP contribution in [0.2, 0.25) is 5.22 Å². The zero-order valence-electron chi connectivity index (χ0n) is 11.6. The Kier molecular flexibility index (Phi) is 3.16. The third kappa shape index (κ3) is 2.27. The van der Waals surface area contributed by atoms with Crippen molar-refractivity contribution in [3.05, 3.63) is 71.6 Å². The van der Waals surface area contributed by atoms with Crippen LogP contribution in [0.1, 0.15) is 5.56 Å². The number of halogens is 1. The first kappa shape index (κ1) is 13.1. The van der Waals surface area contributed by atoms with Crippen LogP contribution in [-0.4, -0.2) is 14.5 Å². The maximum atomic E-state index is 5.90. The van der Waals surface area contributed by atoms with E-state index in [4.69, 9.17) is 16.0 Å². The van der Waals surface area contributed by atoms with Gasteiger partial charge < -0.3 is 8.98 Å². The highest BCUT2D eigenvalue weighted by Crippen LogP contribution is 2.27. The summed E-state index contributed by atoms with van der Waals surface area (Å²) in [6.07, 6.45) is 1.77. The third-order valence-corrected chi connectivity index (χ3v) is 3.68. The van der Waals surface area contributed by atoms with E-state index < -0.39 is 0 Å². The smallest absolute Gasteiger partial charge is 0.194 e. The predicted octanol–water partition coefficient (Wildman–Crippen LogP) is 4.39. The molecule has 4 aromatic rings. The normalized spacial score (nSPS) is 11.1. The average molecular weight is 310 g/mol. The highest BCUT2D eigenvalue weighted by molar-refractivity contribution is 6.28. The summed E-state index contributed by atoms with van der Waals surface area (Å²) in [4.78, 5) is 9.10. The summed E-state index contributed by atoms with van der Waals surface area (Å²) in [5.74, 6) is 1.36. The molecule has 0 aliphatic heterocycles. The molecule has 0 unspecified atom stereocenters. The summed E-state index contributed by atoms with van der Waals surface area (Å²) in [6, 6.07) is 17.6. The number of aromatic nitrogens is 3. The molecule has 108 valence electrons. The molecule has 0 bridgehead atoms. The lowest BCUT2D eigenvalue weighted by Crippen LogP contribution is -2.02. The highest BCUT2D eigenvalue weighted by atomic mass is 35.5. The van der Waals surface area contributed by atoms with E-state index in [9.17, 15) is 0 Å². The van der Waals surface area contributed by atoms with E-state index in [1.807, 2.05) is 41.0 Å². The van der Waals surface area contributed by atoms with Crippen LogP contribution >= 0.6 is 11.6 Å². The fraction of sp³-hybridized carbons (Fsp3) is 0.0588. The van der Waals surface area contributed by atoms with Crippen molar-refractivity contribution < 1.29 is 4.42 Å². The molecule has 0 radical (unpaired) electrons. The van der Waals surface area contributed by atoms with Gasteiger partial charge in [-0.1, -0.05) is 30.3 Å². The summed E-state index contributed by atoms with van der Waals surface area (Å²) >= 11 is 5.90. The minimum absolute atomic E-state index is 0.348. The van der Waals surface area contributed by atoms with Crippen molar-refractivity contribution in [2.75, 3.05) is 0 Å². The summed E-state index contributed by atoms with van der Waals surface area (Å²) in [6.45, 7) is 0.669. The van der Waals surface area contributed by atoms with Gasteiger partial charge in [0.05, 0.1) is 6.54 Å². The molecule has 0 saturated carbocycles. The molecule has 1 aromatic carbocycles. The van der Waals surface area contributed by atoms with Crippen molar-refractivity contribution in [3.8, 4) is 11.6 Å². The Labute approximate surface area is 132 Å². The maximum absolute atomic E-state index is 5.90. The van der Waals surface area contributed by atoms with Crippen LogP contribution in [0.5, 0.6) is 0 Å². The second-order valence-electron chi connectivity index (χ2n) is 4.96. The highest BCUT2D eigenvalue weighted by Gasteiger charge is 2.16. The molecule has 0 saturated heterocycles. The number of hydrogen-bond acceptors (Lipinski definition) is 3. The van der Waals surface area contributed by atoms with Crippen molar-refractivity contribution in [2.45, 2.75) is 6.54 Å². The Morgan fingerprint density at radius 2 is 1.86 bits per heavy atom. The number of nitrogens with zero attached hydrogens (tertiary/aromatic N) is 3. The van der Waals surface area contributed by atoms with E-state index in [-0.39, 0.29) is 0 Å². The molecular formula is C17H12ClN3O. The molecule has 0 amide bonds. The van der Waals surface area contributed by atoms with E-state index in [0.717, 1.165) is 17.0 Å². The van der Waals surface area contributed by atoms with E-state index in [0.29, 0.717) is 17.5 Å². The molecule has 5 heteroatoms. The van der Waals surface area contributed by atoms with Gasteiger partial charge in [-0.3, -0.25) is 0 Å². The average Bonchev–Trinajstić information content (AvgIpc) is 3.13. The molecule has 0 fully saturated rings. The van der Waals surface area contributed by atoms with Crippen molar-refractivity contribution in [2.24, 2.45) is 0 Å². The van der Waals surface area contributed by atoms with Crippen LogP contribution in [0.3, 0.4) is 0 Å². The number of fused-ring (bicyclic) bond motifs is 1. The molecule has 3 heterocycles. The zero-order chi connectivity index (χ0) is 14.9. The first-order chi connectivity index (χ1) is 10.8. The van der Waals surface area contributed by atoms with Gasteiger partial charge in [-0.25, -0.2) is 9.97 Å². The second kappa shape index (κ2) is 5.31. The lowest BCUT2D eigenvalue weighted by molar-refractivity contribution is 0.574. The third-order valence-electron chi connectivity index (χ3n) is 3.48.